The zero-order valence-electron chi connectivity index (χ0n) is 11.1. The first kappa shape index (κ1) is 12.6. The first-order valence-corrected chi connectivity index (χ1v) is 6.63. The Morgan fingerprint density at radius 3 is 2.53 bits per heavy atom. The van der Waals surface area contributed by atoms with Crippen molar-refractivity contribution in [3.05, 3.63) is 35.4 Å². The van der Waals surface area contributed by atoms with Gasteiger partial charge in [0, 0.05) is 18.7 Å². The van der Waals surface area contributed by atoms with Crippen LogP contribution in [0.1, 0.15) is 43.9 Å². The maximum atomic E-state index is 5.57. The third-order valence-corrected chi connectivity index (χ3v) is 3.56. The summed E-state index contributed by atoms with van der Waals surface area (Å²) >= 11 is 0. The number of ether oxygens (including phenoxy) is 1. The van der Waals surface area contributed by atoms with E-state index in [1.54, 1.807) is 0 Å². The normalized spacial score (nSPS) is 25.4. The standard InChI is InChI=1S/C15H23NO/c1-4-17-15-9-14(10-15)16-12(3)13-7-5-11(2)6-8-13/h5-8,12,14-16H,4,9-10H2,1-3H3/t12-,14?,15?/m1/s1. The molecule has 1 aliphatic rings. The van der Waals surface area contributed by atoms with Gasteiger partial charge in [-0.15, -0.1) is 0 Å². The average molecular weight is 233 g/mol. The molecule has 1 aromatic carbocycles. The quantitative estimate of drug-likeness (QED) is 0.843. The summed E-state index contributed by atoms with van der Waals surface area (Å²) in [5, 5.41) is 3.66. The SMILES string of the molecule is CCOC1CC(N[C@H](C)c2ccc(C)cc2)C1. The van der Waals surface area contributed by atoms with E-state index < -0.39 is 0 Å². The van der Waals surface area contributed by atoms with Gasteiger partial charge in [-0.3, -0.25) is 0 Å². The molecule has 1 N–H and O–H groups in total. The van der Waals surface area contributed by atoms with Crippen LogP contribution < -0.4 is 5.32 Å². The highest BCUT2D eigenvalue weighted by Gasteiger charge is 2.30. The van der Waals surface area contributed by atoms with Crippen molar-refractivity contribution in [1.82, 2.24) is 5.32 Å². The summed E-state index contributed by atoms with van der Waals surface area (Å²) in [7, 11) is 0. The van der Waals surface area contributed by atoms with Crippen LogP contribution in [-0.4, -0.2) is 18.8 Å². The van der Waals surface area contributed by atoms with E-state index in [2.05, 4.69) is 50.4 Å². The molecule has 2 nitrogen and oxygen atoms in total. The Bertz CT molecular complexity index is 340. The fourth-order valence-corrected chi connectivity index (χ4v) is 2.38. The molecule has 17 heavy (non-hydrogen) atoms. The summed E-state index contributed by atoms with van der Waals surface area (Å²) < 4.78 is 5.57. The fraction of sp³-hybridized carbons (Fsp3) is 0.600. The van der Waals surface area contributed by atoms with Crippen LogP contribution in [0.4, 0.5) is 0 Å². The average Bonchev–Trinajstić information content (AvgIpc) is 2.27. The predicted molar refractivity (Wildman–Crippen MR) is 71.2 cm³/mol. The van der Waals surface area contributed by atoms with E-state index in [1.165, 1.54) is 11.1 Å². The zero-order valence-corrected chi connectivity index (χ0v) is 11.1. The van der Waals surface area contributed by atoms with Crippen LogP contribution in [0.25, 0.3) is 0 Å². The van der Waals surface area contributed by atoms with E-state index in [0.717, 1.165) is 19.4 Å². The lowest BCUT2D eigenvalue weighted by molar-refractivity contribution is -0.0120. The van der Waals surface area contributed by atoms with Crippen molar-refractivity contribution in [3.8, 4) is 0 Å². The van der Waals surface area contributed by atoms with Crippen LogP contribution in [0, 0.1) is 6.92 Å². The molecule has 1 saturated carbocycles. The van der Waals surface area contributed by atoms with Crippen LogP contribution in [0.15, 0.2) is 24.3 Å². The number of hydrogen-bond acceptors (Lipinski definition) is 2. The molecule has 0 aromatic heterocycles. The van der Waals surface area contributed by atoms with E-state index in [9.17, 15) is 0 Å². The van der Waals surface area contributed by atoms with E-state index in [0.29, 0.717) is 18.2 Å². The fourth-order valence-electron chi connectivity index (χ4n) is 2.38. The number of nitrogens with one attached hydrogen (secondary N) is 1. The van der Waals surface area contributed by atoms with Crippen LogP contribution >= 0.6 is 0 Å². The molecule has 0 heterocycles. The summed E-state index contributed by atoms with van der Waals surface area (Å²) in [6.07, 6.45) is 2.80. The molecule has 1 atom stereocenters. The highest BCUT2D eigenvalue weighted by atomic mass is 16.5. The molecule has 0 radical (unpaired) electrons. The molecule has 2 rings (SSSR count). The van der Waals surface area contributed by atoms with E-state index in [-0.39, 0.29) is 0 Å². The zero-order chi connectivity index (χ0) is 12.3. The molecule has 1 aromatic rings. The molecule has 0 aliphatic heterocycles. The van der Waals surface area contributed by atoms with Gasteiger partial charge in [0.1, 0.15) is 0 Å². The van der Waals surface area contributed by atoms with Gasteiger partial charge in [0.15, 0.2) is 0 Å². The Balaban J connectivity index is 1.78. The molecule has 0 saturated heterocycles. The lowest BCUT2D eigenvalue weighted by atomic mass is 9.88. The summed E-state index contributed by atoms with van der Waals surface area (Å²) in [4.78, 5) is 0. The maximum absolute atomic E-state index is 5.57. The highest BCUT2D eigenvalue weighted by molar-refractivity contribution is 5.23. The van der Waals surface area contributed by atoms with E-state index >= 15 is 0 Å². The third kappa shape index (κ3) is 3.30. The molecule has 1 fully saturated rings. The second kappa shape index (κ2) is 5.65. The van der Waals surface area contributed by atoms with Gasteiger partial charge in [0.05, 0.1) is 6.10 Å². The van der Waals surface area contributed by atoms with Crippen molar-refractivity contribution >= 4 is 0 Å². The highest BCUT2D eigenvalue weighted by Crippen LogP contribution is 2.26. The second-order valence-electron chi connectivity index (χ2n) is 5.04. The molecule has 94 valence electrons. The Labute approximate surface area is 104 Å². The minimum atomic E-state index is 0.433. The molecule has 0 spiro atoms. The lowest BCUT2D eigenvalue weighted by Gasteiger charge is -2.37. The van der Waals surface area contributed by atoms with Crippen LogP contribution in [0.2, 0.25) is 0 Å². The van der Waals surface area contributed by atoms with E-state index in [4.69, 9.17) is 4.74 Å². The summed E-state index contributed by atoms with van der Waals surface area (Å²) in [6.45, 7) is 7.26. The van der Waals surface area contributed by atoms with Gasteiger partial charge in [-0.1, -0.05) is 29.8 Å². The van der Waals surface area contributed by atoms with Gasteiger partial charge in [-0.2, -0.15) is 0 Å². The molecule has 2 heteroatoms. The Morgan fingerprint density at radius 1 is 1.29 bits per heavy atom. The Hall–Kier alpha value is -0.860. The molecule has 1 aliphatic carbocycles. The van der Waals surface area contributed by atoms with Crippen LogP contribution in [0.3, 0.4) is 0 Å². The van der Waals surface area contributed by atoms with Crippen molar-refractivity contribution in [2.45, 2.75) is 51.8 Å². The number of rotatable bonds is 5. The van der Waals surface area contributed by atoms with Crippen molar-refractivity contribution in [2.24, 2.45) is 0 Å². The van der Waals surface area contributed by atoms with Crippen molar-refractivity contribution in [3.63, 3.8) is 0 Å². The minimum Gasteiger partial charge on any atom is -0.378 e. The van der Waals surface area contributed by atoms with Gasteiger partial charge in [0.2, 0.25) is 0 Å². The lowest BCUT2D eigenvalue weighted by Crippen LogP contribution is -2.46. The predicted octanol–water partition coefficient (Wildman–Crippen LogP) is 3.21. The smallest absolute Gasteiger partial charge is 0.0604 e. The number of hydrogen-bond donors (Lipinski definition) is 1. The Kier molecular flexibility index (Phi) is 4.19. The van der Waals surface area contributed by atoms with Crippen molar-refractivity contribution < 1.29 is 4.74 Å². The van der Waals surface area contributed by atoms with Gasteiger partial charge >= 0.3 is 0 Å². The number of benzene rings is 1. The second-order valence-corrected chi connectivity index (χ2v) is 5.04. The van der Waals surface area contributed by atoms with Crippen LogP contribution in [0.5, 0.6) is 0 Å². The molecule has 0 bridgehead atoms. The van der Waals surface area contributed by atoms with Gasteiger partial charge in [-0.25, -0.2) is 0 Å². The monoisotopic (exact) mass is 233 g/mol. The Morgan fingerprint density at radius 2 is 1.94 bits per heavy atom. The third-order valence-electron chi connectivity index (χ3n) is 3.56. The van der Waals surface area contributed by atoms with Gasteiger partial charge in [0.25, 0.3) is 0 Å². The topological polar surface area (TPSA) is 21.3 Å². The maximum Gasteiger partial charge on any atom is 0.0604 e. The first-order valence-electron chi connectivity index (χ1n) is 6.63. The van der Waals surface area contributed by atoms with E-state index in [1.807, 2.05) is 0 Å². The summed E-state index contributed by atoms with van der Waals surface area (Å²) in [6, 6.07) is 9.84. The number of aryl methyl sites for hydroxylation is 1. The molecule has 0 unspecified atom stereocenters. The van der Waals surface area contributed by atoms with Crippen molar-refractivity contribution in [1.29, 1.82) is 0 Å². The summed E-state index contributed by atoms with van der Waals surface area (Å²) in [5.41, 5.74) is 2.69. The molecular weight excluding hydrogens is 210 g/mol. The van der Waals surface area contributed by atoms with Gasteiger partial charge in [-0.05, 0) is 39.2 Å². The molecule has 0 amide bonds. The van der Waals surface area contributed by atoms with Gasteiger partial charge < -0.3 is 10.1 Å². The summed E-state index contributed by atoms with van der Waals surface area (Å²) in [5.74, 6) is 0. The molecular formula is C15H23NO. The largest absolute Gasteiger partial charge is 0.378 e. The minimum absolute atomic E-state index is 0.433. The van der Waals surface area contributed by atoms with Crippen molar-refractivity contribution in [2.75, 3.05) is 6.61 Å². The van der Waals surface area contributed by atoms with Crippen LogP contribution in [-0.2, 0) is 4.74 Å². The first-order chi connectivity index (χ1) is 8.19.